The summed E-state index contributed by atoms with van der Waals surface area (Å²) in [7, 11) is -0.945. The Labute approximate surface area is 131 Å². The van der Waals surface area contributed by atoms with Crippen LogP contribution in [0.25, 0.3) is 0 Å². The summed E-state index contributed by atoms with van der Waals surface area (Å²) >= 11 is 0. The molecule has 1 aliphatic heterocycles. The molecule has 1 aliphatic rings. The minimum absolute atomic E-state index is 0.0527. The van der Waals surface area contributed by atoms with Crippen LogP contribution in [0.2, 0.25) is 0 Å². The molecule has 0 unspecified atom stereocenters. The number of nitrogens with one attached hydrogen (secondary N) is 2. The van der Waals surface area contributed by atoms with Crippen LogP contribution in [0.4, 0.5) is 10.5 Å². The van der Waals surface area contributed by atoms with Gasteiger partial charge in [-0.2, -0.15) is 0 Å². The highest BCUT2D eigenvalue weighted by Gasteiger charge is 2.28. The maximum absolute atomic E-state index is 11.7. The molecule has 0 bridgehead atoms. The van der Waals surface area contributed by atoms with Crippen LogP contribution in [-0.2, 0) is 9.84 Å². The second-order valence-corrected chi connectivity index (χ2v) is 7.84. The van der Waals surface area contributed by atoms with Gasteiger partial charge in [-0.15, -0.1) is 0 Å². The van der Waals surface area contributed by atoms with Crippen molar-refractivity contribution in [1.29, 1.82) is 0 Å². The maximum atomic E-state index is 11.7. The number of rotatable bonds is 6. The normalized spacial score (nSPS) is 19.6. The predicted molar refractivity (Wildman–Crippen MR) is 87.9 cm³/mol. The number of benzene rings is 1. The summed E-state index contributed by atoms with van der Waals surface area (Å²) in [5, 5.41) is 5.48. The van der Waals surface area contributed by atoms with Gasteiger partial charge in [-0.1, -0.05) is 18.2 Å². The van der Waals surface area contributed by atoms with E-state index in [0.29, 0.717) is 13.0 Å². The molecule has 1 saturated heterocycles. The zero-order chi connectivity index (χ0) is 16.0. The number of sulfone groups is 1. The number of carbonyl (C=O) groups is 1. The molecule has 2 N–H and O–H groups in total. The second kappa shape index (κ2) is 7.49. The first kappa shape index (κ1) is 16.6. The molecule has 1 aromatic carbocycles. The maximum Gasteiger partial charge on any atom is 0.315 e. The molecule has 2 amide bonds. The lowest BCUT2D eigenvalue weighted by atomic mass is 10.3. The van der Waals surface area contributed by atoms with Crippen LogP contribution in [-0.4, -0.2) is 52.1 Å². The molecule has 0 saturated carbocycles. The van der Waals surface area contributed by atoms with Crippen molar-refractivity contribution in [3.8, 4) is 0 Å². The average molecular weight is 325 g/mol. The van der Waals surface area contributed by atoms with Crippen molar-refractivity contribution < 1.29 is 13.2 Å². The molecular formula is C15H23N3O3S. The number of nitrogens with zero attached hydrogens (tertiary/aromatic N) is 1. The van der Waals surface area contributed by atoms with E-state index in [9.17, 15) is 13.2 Å². The number of anilines is 1. The quantitative estimate of drug-likeness (QED) is 0.765. The van der Waals surface area contributed by atoms with Crippen LogP contribution in [0, 0.1) is 0 Å². The molecule has 0 aliphatic carbocycles. The van der Waals surface area contributed by atoms with Crippen LogP contribution in [0.1, 0.15) is 12.8 Å². The minimum atomic E-state index is -2.96. The fourth-order valence-electron chi connectivity index (χ4n) is 2.47. The van der Waals surface area contributed by atoms with Gasteiger partial charge in [0.2, 0.25) is 0 Å². The fraction of sp³-hybridized carbons (Fsp3) is 0.533. The standard InChI is InChI=1S/C15H23N3O3S/c1-18(14-6-3-2-4-7-14)10-5-9-16-15(19)17-13-8-11-22(20,21)12-13/h2-4,6-7,13H,5,8-12H2,1H3,(H2,16,17,19)/t13-/m0/s1. The molecule has 1 heterocycles. The molecule has 1 atom stereocenters. The molecule has 22 heavy (non-hydrogen) atoms. The van der Waals surface area contributed by atoms with Crippen molar-refractivity contribution in [2.75, 3.05) is 36.5 Å². The summed E-state index contributed by atoms with van der Waals surface area (Å²) < 4.78 is 22.6. The van der Waals surface area contributed by atoms with Crippen LogP contribution in [0.15, 0.2) is 30.3 Å². The Kier molecular flexibility index (Phi) is 5.65. The average Bonchev–Trinajstić information content (AvgIpc) is 2.83. The molecule has 122 valence electrons. The highest BCUT2D eigenvalue weighted by molar-refractivity contribution is 7.91. The number of urea groups is 1. The Balaban J connectivity index is 1.61. The topological polar surface area (TPSA) is 78.5 Å². The Morgan fingerprint density at radius 3 is 2.68 bits per heavy atom. The smallest absolute Gasteiger partial charge is 0.315 e. The van der Waals surface area contributed by atoms with Crippen molar-refractivity contribution in [3.63, 3.8) is 0 Å². The van der Waals surface area contributed by atoms with Crippen molar-refractivity contribution in [2.45, 2.75) is 18.9 Å². The first-order valence-corrected chi connectivity index (χ1v) is 9.29. The lowest BCUT2D eigenvalue weighted by Crippen LogP contribution is -2.43. The van der Waals surface area contributed by atoms with E-state index in [1.54, 1.807) is 0 Å². The highest BCUT2D eigenvalue weighted by Crippen LogP contribution is 2.11. The predicted octanol–water partition coefficient (Wildman–Crippen LogP) is 0.999. The third-order valence-corrected chi connectivity index (χ3v) is 5.49. The SMILES string of the molecule is CN(CCCNC(=O)N[C@H]1CCS(=O)(=O)C1)c1ccccc1. The van der Waals surface area contributed by atoms with E-state index >= 15 is 0 Å². The summed E-state index contributed by atoms with van der Waals surface area (Å²) in [6, 6.07) is 9.51. The van der Waals surface area contributed by atoms with E-state index in [2.05, 4.69) is 15.5 Å². The molecule has 2 rings (SSSR count). The highest BCUT2D eigenvalue weighted by atomic mass is 32.2. The summed E-state index contributed by atoms with van der Waals surface area (Å²) in [4.78, 5) is 13.8. The Hall–Kier alpha value is -1.76. The first-order valence-electron chi connectivity index (χ1n) is 7.47. The van der Waals surface area contributed by atoms with Gasteiger partial charge < -0.3 is 15.5 Å². The molecule has 0 spiro atoms. The van der Waals surface area contributed by atoms with E-state index in [4.69, 9.17) is 0 Å². The van der Waals surface area contributed by atoms with Crippen molar-refractivity contribution in [1.82, 2.24) is 10.6 Å². The largest absolute Gasteiger partial charge is 0.375 e. The van der Waals surface area contributed by atoms with E-state index in [1.165, 1.54) is 0 Å². The van der Waals surface area contributed by atoms with E-state index in [0.717, 1.165) is 18.7 Å². The monoisotopic (exact) mass is 325 g/mol. The van der Waals surface area contributed by atoms with Crippen LogP contribution in [0.5, 0.6) is 0 Å². The Morgan fingerprint density at radius 1 is 1.32 bits per heavy atom. The number of amides is 2. The molecule has 7 heteroatoms. The van der Waals surface area contributed by atoms with Crippen LogP contribution in [0.3, 0.4) is 0 Å². The third kappa shape index (κ3) is 5.22. The van der Waals surface area contributed by atoms with Gasteiger partial charge in [0.15, 0.2) is 9.84 Å². The summed E-state index contributed by atoms with van der Waals surface area (Å²) in [6.45, 7) is 1.39. The first-order chi connectivity index (χ1) is 10.5. The molecule has 0 aromatic heterocycles. The van der Waals surface area contributed by atoms with Crippen LogP contribution >= 0.6 is 0 Å². The van der Waals surface area contributed by atoms with Gasteiger partial charge in [0.05, 0.1) is 11.5 Å². The summed E-state index contributed by atoms with van der Waals surface area (Å²) in [6.07, 6.45) is 1.33. The van der Waals surface area contributed by atoms with E-state index in [-0.39, 0.29) is 23.6 Å². The Bertz CT molecular complexity index is 589. The number of para-hydroxylation sites is 1. The van der Waals surface area contributed by atoms with Crippen molar-refractivity contribution in [3.05, 3.63) is 30.3 Å². The van der Waals surface area contributed by atoms with Crippen molar-refractivity contribution in [2.24, 2.45) is 0 Å². The molecule has 6 nitrogen and oxygen atoms in total. The van der Waals surface area contributed by atoms with Gasteiger partial charge in [0.25, 0.3) is 0 Å². The van der Waals surface area contributed by atoms with Gasteiger partial charge in [0, 0.05) is 31.9 Å². The lowest BCUT2D eigenvalue weighted by molar-refractivity contribution is 0.238. The number of hydrogen-bond donors (Lipinski definition) is 2. The molecule has 1 fully saturated rings. The van der Waals surface area contributed by atoms with Crippen molar-refractivity contribution >= 4 is 21.6 Å². The van der Waals surface area contributed by atoms with Gasteiger partial charge in [0.1, 0.15) is 0 Å². The molecule has 0 radical (unpaired) electrons. The zero-order valence-electron chi connectivity index (χ0n) is 12.8. The molecular weight excluding hydrogens is 302 g/mol. The van der Waals surface area contributed by atoms with Crippen LogP contribution < -0.4 is 15.5 Å². The summed E-state index contributed by atoms with van der Waals surface area (Å²) in [5.74, 6) is 0.219. The Morgan fingerprint density at radius 2 is 2.05 bits per heavy atom. The molecule has 1 aromatic rings. The fourth-order valence-corrected chi connectivity index (χ4v) is 4.15. The van der Waals surface area contributed by atoms with Gasteiger partial charge in [-0.05, 0) is 25.0 Å². The van der Waals surface area contributed by atoms with Gasteiger partial charge >= 0.3 is 6.03 Å². The number of carbonyl (C=O) groups excluding carboxylic acids is 1. The third-order valence-electron chi connectivity index (χ3n) is 3.72. The van der Waals surface area contributed by atoms with Gasteiger partial charge in [-0.3, -0.25) is 0 Å². The second-order valence-electron chi connectivity index (χ2n) is 5.61. The lowest BCUT2D eigenvalue weighted by Gasteiger charge is -2.19. The summed E-state index contributed by atoms with van der Waals surface area (Å²) in [5.41, 5.74) is 1.14. The minimum Gasteiger partial charge on any atom is -0.375 e. The van der Waals surface area contributed by atoms with E-state index in [1.807, 2.05) is 37.4 Å². The van der Waals surface area contributed by atoms with Gasteiger partial charge in [-0.25, -0.2) is 13.2 Å². The number of hydrogen-bond acceptors (Lipinski definition) is 4. The zero-order valence-corrected chi connectivity index (χ0v) is 13.6. The van der Waals surface area contributed by atoms with E-state index < -0.39 is 9.84 Å².